The van der Waals surface area contributed by atoms with Gasteiger partial charge in [0.2, 0.25) is 0 Å². The van der Waals surface area contributed by atoms with Gasteiger partial charge in [0, 0.05) is 12.7 Å². The average molecular weight is 325 g/mol. The summed E-state index contributed by atoms with van der Waals surface area (Å²) in [6.45, 7) is 2.01. The van der Waals surface area contributed by atoms with E-state index in [9.17, 15) is 4.79 Å². The molecule has 0 radical (unpaired) electrons. The highest BCUT2D eigenvalue weighted by Gasteiger charge is 2.37. The number of nitrogens with zero attached hydrogens (tertiary/aromatic N) is 3. The van der Waals surface area contributed by atoms with Crippen LogP contribution in [0.2, 0.25) is 0 Å². The Hall–Kier alpha value is -2.14. The fourth-order valence-electron chi connectivity index (χ4n) is 3.85. The van der Waals surface area contributed by atoms with E-state index in [2.05, 4.69) is 17.2 Å². The molecule has 2 aromatic rings. The zero-order valence-corrected chi connectivity index (χ0v) is 13.8. The van der Waals surface area contributed by atoms with Gasteiger partial charge in [0.15, 0.2) is 0 Å². The summed E-state index contributed by atoms with van der Waals surface area (Å²) in [7, 11) is 0. The number of hydrogen-bond acceptors (Lipinski definition) is 3. The van der Waals surface area contributed by atoms with Crippen molar-refractivity contribution in [2.24, 2.45) is 0 Å². The molecule has 2 heterocycles. The second kappa shape index (κ2) is 6.77. The lowest BCUT2D eigenvalue weighted by Crippen LogP contribution is -2.54. The van der Waals surface area contributed by atoms with E-state index in [1.807, 2.05) is 34.0 Å². The third kappa shape index (κ3) is 3.08. The summed E-state index contributed by atoms with van der Waals surface area (Å²) in [4.78, 5) is 14.9. The molecule has 126 valence electrons. The lowest BCUT2D eigenvalue weighted by molar-refractivity contribution is -0.0752. The van der Waals surface area contributed by atoms with E-state index in [1.165, 1.54) is 18.4 Å². The maximum Gasteiger partial charge on any atom is 0.257 e. The van der Waals surface area contributed by atoms with Gasteiger partial charge >= 0.3 is 0 Å². The molecule has 0 N–H and O–H groups in total. The first-order valence-electron chi connectivity index (χ1n) is 8.80. The van der Waals surface area contributed by atoms with Gasteiger partial charge in [0.1, 0.15) is 0 Å². The number of carbonyl (C=O) groups is 1. The molecule has 2 fully saturated rings. The van der Waals surface area contributed by atoms with Gasteiger partial charge in [0.25, 0.3) is 5.91 Å². The molecule has 1 saturated heterocycles. The average Bonchev–Trinajstić information content (AvgIpc) is 3.10. The van der Waals surface area contributed by atoms with Gasteiger partial charge in [0.05, 0.1) is 37.1 Å². The van der Waals surface area contributed by atoms with Crippen LogP contribution < -0.4 is 0 Å². The van der Waals surface area contributed by atoms with Crippen molar-refractivity contribution in [2.75, 3.05) is 13.2 Å². The van der Waals surface area contributed by atoms with E-state index in [-0.39, 0.29) is 18.1 Å². The van der Waals surface area contributed by atoms with Crippen molar-refractivity contribution in [3.8, 4) is 0 Å². The predicted octanol–water partition coefficient (Wildman–Crippen LogP) is 2.72. The molecule has 0 bridgehead atoms. The highest BCUT2D eigenvalue weighted by molar-refractivity contribution is 5.94. The fraction of sp³-hybridized carbons (Fsp3) is 0.474. The highest BCUT2D eigenvalue weighted by atomic mass is 16.5. The number of amides is 1. The molecule has 2 aliphatic rings. The quantitative estimate of drug-likeness (QED) is 0.872. The molecule has 0 spiro atoms. The van der Waals surface area contributed by atoms with Crippen LogP contribution in [0.15, 0.2) is 42.7 Å². The molecule has 4 rings (SSSR count). The van der Waals surface area contributed by atoms with Gasteiger partial charge in [-0.25, -0.2) is 0 Å². The van der Waals surface area contributed by atoms with E-state index in [0.717, 1.165) is 12.8 Å². The van der Waals surface area contributed by atoms with Gasteiger partial charge in [-0.1, -0.05) is 43.2 Å². The van der Waals surface area contributed by atoms with Gasteiger partial charge in [-0.15, -0.1) is 0 Å². The molecule has 5 heteroatoms. The first kappa shape index (κ1) is 15.4. The molecule has 5 nitrogen and oxygen atoms in total. The van der Waals surface area contributed by atoms with Crippen molar-refractivity contribution < 1.29 is 9.53 Å². The number of ether oxygens (including phenoxy) is 1. The Morgan fingerprint density at radius 2 is 2.04 bits per heavy atom. The van der Waals surface area contributed by atoms with Gasteiger partial charge < -0.3 is 9.64 Å². The topological polar surface area (TPSA) is 47.4 Å². The highest BCUT2D eigenvalue weighted by Crippen LogP contribution is 2.29. The Balaban J connectivity index is 1.48. The minimum atomic E-state index is 0.0921. The lowest BCUT2D eigenvalue weighted by atomic mass is 9.90. The molecular formula is C19H23N3O2. The summed E-state index contributed by atoms with van der Waals surface area (Å²) in [5.74, 6) is 0.0921. The Labute approximate surface area is 142 Å². The van der Waals surface area contributed by atoms with Gasteiger partial charge in [-0.2, -0.15) is 5.10 Å². The van der Waals surface area contributed by atoms with E-state index in [0.29, 0.717) is 25.3 Å². The third-order valence-electron chi connectivity index (χ3n) is 5.06. The number of carbonyl (C=O) groups excluding carboxylic acids is 1. The number of hydrogen-bond donors (Lipinski definition) is 0. The standard InChI is InChI=1S/C19H23N3O2/c23-19(22-10-11-24-18-9-5-4-8-17(18)22)16-12-20-21(14-16)13-15-6-2-1-3-7-15/h1-3,6-7,12,14,17-18H,4-5,8-11,13H2/t17-,18-/m1/s1. The van der Waals surface area contributed by atoms with Crippen molar-refractivity contribution in [1.29, 1.82) is 0 Å². The van der Waals surface area contributed by atoms with Gasteiger partial charge in [-0.05, 0) is 18.4 Å². The zero-order valence-electron chi connectivity index (χ0n) is 13.8. The number of rotatable bonds is 3. The second-order valence-corrected chi connectivity index (χ2v) is 6.67. The third-order valence-corrected chi connectivity index (χ3v) is 5.06. The molecule has 1 aliphatic carbocycles. The first-order valence-corrected chi connectivity index (χ1v) is 8.80. The van der Waals surface area contributed by atoms with Crippen molar-refractivity contribution >= 4 is 5.91 Å². The van der Waals surface area contributed by atoms with Crippen molar-refractivity contribution in [3.05, 3.63) is 53.9 Å². The van der Waals surface area contributed by atoms with E-state index in [4.69, 9.17) is 4.74 Å². The van der Waals surface area contributed by atoms with Crippen LogP contribution in [0.4, 0.5) is 0 Å². The van der Waals surface area contributed by atoms with E-state index in [1.54, 1.807) is 6.20 Å². The van der Waals surface area contributed by atoms with Crippen LogP contribution in [0.3, 0.4) is 0 Å². The second-order valence-electron chi connectivity index (χ2n) is 6.67. The molecule has 1 aliphatic heterocycles. The van der Waals surface area contributed by atoms with Crippen LogP contribution in [0.5, 0.6) is 0 Å². The Bertz CT molecular complexity index is 696. The summed E-state index contributed by atoms with van der Waals surface area (Å²) in [6, 6.07) is 10.4. The Kier molecular flexibility index (Phi) is 4.34. The summed E-state index contributed by atoms with van der Waals surface area (Å²) in [5, 5.41) is 4.37. The van der Waals surface area contributed by atoms with Crippen molar-refractivity contribution in [1.82, 2.24) is 14.7 Å². The summed E-state index contributed by atoms with van der Waals surface area (Å²) in [6.07, 6.45) is 8.29. The predicted molar refractivity (Wildman–Crippen MR) is 90.8 cm³/mol. The van der Waals surface area contributed by atoms with Crippen LogP contribution >= 0.6 is 0 Å². The minimum absolute atomic E-state index is 0.0921. The number of morpholine rings is 1. The maximum absolute atomic E-state index is 12.9. The zero-order chi connectivity index (χ0) is 16.4. The SMILES string of the molecule is O=C(c1cnn(Cc2ccccc2)c1)N1CCO[C@@H]2CCCC[C@H]21. The molecule has 2 atom stereocenters. The smallest absolute Gasteiger partial charge is 0.257 e. The molecule has 24 heavy (non-hydrogen) atoms. The molecule has 1 aromatic heterocycles. The van der Waals surface area contributed by atoms with Crippen LogP contribution in [-0.2, 0) is 11.3 Å². The number of aromatic nitrogens is 2. The Morgan fingerprint density at radius 3 is 2.92 bits per heavy atom. The van der Waals surface area contributed by atoms with Crippen LogP contribution in [0.25, 0.3) is 0 Å². The molecular weight excluding hydrogens is 302 g/mol. The normalized spacial score (nSPS) is 23.8. The van der Waals surface area contributed by atoms with Crippen molar-refractivity contribution in [2.45, 2.75) is 44.4 Å². The summed E-state index contributed by atoms with van der Waals surface area (Å²) >= 11 is 0. The molecule has 1 amide bonds. The summed E-state index contributed by atoms with van der Waals surface area (Å²) in [5.41, 5.74) is 1.86. The van der Waals surface area contributed by atoms with Crippen LogP contribution in [-0.4, -0.2) is 45.9 Å². The number of benzene rings is 1. The van der Waals surface area contributed by atoms with Crippen LogP contribution in [0, 0.1) is 0 Å². The molecule has 0 unspecified atom stereocenters. The van der Waals surface area contributed by atoms with E-state index >= 15 is 0 Å². The monoisotopic (exact) mass is 325 g/mol. The molecule has 1 aromatic carbocycles. The fourth-order valence-corrected chi connectivity index (χ4v) is 3.85. The van der Waals surface area contributed by atoms with Gasteiger partial charge in [-0.3, -0.25) is 9.48 Å². The van der Waals surface area contributed by atoms with Crippen molar-refractivity contribution in [3.63, 3.8) is 0 Å². The summed E-state index contributed by atoms with van der Waals surface area (Å²) < 4.78 is 7.70. The minimum Gasteiger partial charge on any atom is -0.374 e. The lowest BCUT2D eigenvalue weighted by Gasteiger charge is -2.43. The Morgan fingerprint density at radius 1 is 1.21 bits per heavy atom. The largest absolute Gasteiger partial charge is 0.374 e. The first-order chi connectivity index (χ1) is 11.8. The maximum atomic E-state index is 12.9. The molecule has 1 saturated carbocycles. The van der Waals surface area contributed by atoms with E-state index < -0.39 is 0 Å². The number of fused-ring (bicyclic) bond motifs is 1. The van der Waals surface area contributed by atoms with Crippen LogP contribution in [0.1, 0.15) is 41.6 Å².